The van der Waals surface area contributed by atoms with E-state index in [1.807, 2.05) is 42.7 Å². The molecule has 4 nitrogen and oxygen atoms in total. The summed E-state index contributed by atoms with van der Waals surface area (Å²) in [6.45, 7) is 2.37. The van der Waals surface area contributed by atoms with E-state index < -0.39 is 0 Å². The fourth-order valence-corrected chi connectivity index (χ4v) is 1.76. The van der Waals surface area contributed by atoms with Gasteiger partial charge < -0.3 is 12.4 Å². The summed E-state index contributed by atoms with van der Waals surface area (Å²) in [6, 6.07) is 13.8. The molecule has 1 amide bonds. The van der Waals surface area contributed by atoms with Crippen LogP contribution in [0.15, 0.2) is 60.0 Å². The van der Waals surface area contributed by atoms with E-state index in [-0.39, 0.29) is 24.9 Å². The Labute approximate surface area is 130 Å². The lowest BCUT2D eigenvalue weighted by Crippen LogP contribution is -3.00. The lowest BCUT2D eigenvalue weighted by Gasteiger charge is -1.98. The summed E-state index contributed by atoms with van der Waals surface area (Å²) < 4.78 is 1.79. The van der Waals surface area contributed by atoms with Crippen molar-refractivity contribution in [3.8, 4) is 0 Å². The average Bonchev–Trinajstić information content (AvgIpc) is 2.49. The van der Waals surface area contributed by atoms with Gasteiger partial charge in [0.2, 0.25) is 6.54 Å². The van der Waals surface area contributed by atoms with Gasteiger partial charge >= 0.3 is 5.91 Å². The van der Waals surface area contributed by atoms with Crippen molar-refractivity contribution >= 4 is 12.1 Å². The van der Waals surface area contributed by atoms with Crippen LogP contribution < -0.4 is 22.4 Å². The second kappa shape index (κ2) is 8.87. The van der Waals surface area contributed by atoms with E-state index in [9.17, 15) is 4.79 Å². The van der Waals surface area contributed by atoms with Gasteiger partial charge in [0.1, 0.15) is 0 Å². The van der Waals surface area contributed by atoms with E-state index in [0.29, 0.717) is 0 Å². The monoisotopic (exact) mass is 303 g/mol. The van der Waals surface area contributed by atoms with E-state index in [2.05, 4.69) is 29.6 Å². The molecule has 0 saturated heterocycles. The minimum Gasteiger partial charge on any atom is -1.00 e. The molecule has 1 aromatic heterocycles. The van der Waals surface area contributed by atoms with Gasteiger partial charge in [-0.1, -0.05) is 37.3 Å². The van der Waals surface area contributed by atoms with Crippen LogP contribution in [-0.2, 0) is 17.8 Å². The molecule has 0 saturated carbocycles. The largest absolute Gasteiger partial charge is 1.00 e. The fourth-order valence-electron chi connectivity index (χ4n) is 1.76. The minimum absolute atomic E-state index is 0. The van der Waals surface area contributed by atoms with Crippen molar-refractivity contribution in [1.29, 1.82) is 0 Å². The highest BCUT2D eigenvalue weighted by Crippen LogP contribution is 2.02. The molecule has 0 spiro atoms. The molecule has 0 aliphatic rings. The molecular weight excluding hydrogens is 286 g/mol. The number of benzene rings is 1. The van der Waals surface area contributed by atoms with Crippen LogP contribution in [0, 0.1) is 0 Å². The first-order valence-corrected chi connectivity index (χ1v) is 6.63. The number of pyridine rings is 1. The lowest BCUT2D eigenvalue weighted by molar-refractivity contribution is -0.684. The first-order valence-electron chi connectivity index (χ1n) is 6.63. The number of aryl methyl sites for hydroxylation is 1. The zero-order valence-electron chi connectivity index (χ0n) is 11.9. The maximum Gasteiger partial charge on any atom is 0.305 e. The van der Waals surface area contributed by atoms with Crippen LogP contribution in [0.25, 0.3) is 0 Å². The Bertz CT molecular complexity index is 582. The van der Waals surface area contributed by atoms with Crippen LogP contribution >= 0.6 is 0 Å². The molecule has 0 unspecified atom stereocenters. The van der Waals surface area contributed by atoms with Gasteiger partial charge in [0.05, 0.1) is 6.21 Å². The molecule has 0 aliphatic heterocycles. The predicted molar refractivity (Wildman–Crippen MR) is 78.2 cm³/mol. The third-order valence-corrected chi connectivity index (χ3v) is 2.89. The Morgan fingerprint density at radius 1 is 1.19 bits per heavy atom. The van der Waals surface area contributed by atoms with Crippen molar-refractivity contribution < 1.29 is 21.8 Å². The molecule has 1 heterocycles. The Morgan fingerprint density at radius 2 is 1.86 bits per heavy atom. The van der Waals surface area contributed by atoms with Crippen LogP contribution in [0.2, 0.25) is 0 Å². The highest BCUT2D eigenvalue weighted by atomic mass is 35.5. The van der Waals surface area contributed by atoms with Gasteiger partial charge in [-0.3, -0.25) is 4.79 Å². The van der Waals surface area contributed by atoms with E-state index in [1.54, 1.807) is 10.8 Å². The smallest absolute Gasteiger partial charge is 0.305 e. The summed E-state index contributed by atoms with van der Waals surface area (Å²) in [4.78, 5) is 11.7. The second-order valence-corrected chi connectivity index (χ2v) is 4.44. The molecule has 0 aliphatic carbocycles. The molecule has 1 aromatic carbocycles. The Morgan fingerprint density at radius 3 is 2.48 bits per heavy atom. The maximum atomic E-state index is 11.7. The Balaban J connectivity index is 0.00000220. The summed E-state index contributed by atoms with van der Waals surface area (Å²) >= 11 is 0. The van der Waals surface area contributed by atoms with Crippen LogP contribution in [0.5, 0.6) is 0 Å². The van der Waals surface area contributed by atoms with Gasteiger partial charge in [0.25, 0.3) is 0 Å². The number of carbonyl (C=O) groups is 1. The van der Waals surface area contributed by atoms with Crippen LogP contribution in [0.1, 0.15) is 18.1 Å². The first kappa shape index (κ1) is 16.9. The Kier molecular flexibility index (Phi) is 7.12. The third kappa shape index (κ3) is 5.75. The zero-order chi connectivity index (χ0) is 14.2. The van der Waals surface area contributed by atoms with Gasteiger partial charge in [0, 0.05) is 12.1 Å². The molecule has 0 radical (unpaired) electrons. The van der Waals surface area contributed by atoms with Gasteiger partial charge in [0.15, 0.2) is 12.4 Å². The van der Waals surface area contributed by atoms with Crippen molar-refractivity contribution in [1.82, 2.24) is 5.43 Å². The number of amides is 1. The average molecular weight is 304 g/mol. The van der Waals surface area contributed by atoms with Crippen molar-refractivity contribution in [2.75, 3.05) is 0 Å². The summed E-state index contributed by atoms with van der Waals surface area (Å²) in [6.07, 6.45) is 6.34. The molecule has 5 heteroatoms. The normalized spacial score (nSPS) is 10.1. The fraction of sp³-hybridized carbons (Fsp3) is 0.188. The quantitative estimate of drug-likeness (QED) is 0.416. The molecule has 0 bridgehead atoms. The van der Waals surface area contributed by atoms with Crippen LogP contribution in [0.3, 0.4) is 0 Å². The molecular formula is C16H18ClN3O. The van der Waals surface area contributed by atoms with E-state index in [0.717, 1.165) is 12.0 Å². The number of nitrogens with zero attached hydrogens (tertiary/aromatic N) is 2. The van der Waals surface area contributed by atoms with E-state index in [4.69, 9.17) is 0 Å². The zero-order valence-corrected chi connectivity index (χ0v) is 12.6. The third-order valence-electron chi connectivity index (χ3n) is 2.89. The SMILES string of the molecule is CCc1ccc(/C=N/NC(=O)C[n+]2ccccc2)cc1.[Cl-]. The summed E-state index contributed by atoms with van der Waals surface area (Å²) in [7, 11) is 0. The minimum atomic E-state index is -0.150. The number of hydrazone groups is 1. The summed E-state index contributed by atoms with van der Waals surface area (Å²) in [5.74, 6) is -0.150. The molecule has 110 valence electrons. The summed E-state index contributed by atoms with van der Waals surface area (Å²) in [5, 5.41) is 3.96. The molecule has 2 aromatic rings. The molecule has 0 fully saturated rings. The van der Waals surface area contributed by atoms with Crippen LogP contribution in [0.4, 0.5) is 0 Å². The first-order chi connectivity index (χ1) is 9.78. The molecule has 0 atom stereocenters. The molecule has 1 N–H and O–H groups in total. The van der Waals surface area contributed by atoms with Crippen molar-refractivity contribution in [2.45, 2.75) is 19.9 Å². The maximum absolute atomic E-state index is 11.7. The van der Waals surface area contributed by atoms with Crippen molar-refractivity contribution in [2.24, 2.45) is 5.10 Å². The van der Waals surface area contributed by atoms with Gasteiger partial charge in [-0.15, -0.1) is 0 Å². The predicted octanol–water partition coefficient (Wildman–Crippen LogP) is -1.31. The number of carbonyl (C=O) groups excluding carboxylic acids is 1. The number of hydrogen-bond donors (Lipinski definition) is 1. The van der Waals surface area contributed by atoms with E-state index in [1.165, 1.54) is 5.56 Å². The van der Waals surface area contributed by atoms with Crippen molar-refractivity contribution in [3.63, 3.8) is 0 Å². The summed E-state index contributed by atoms with van der Waals surface area (Å²) in [5.41, 5.74) is 4.77. The highest BCUT2D eigenvalue weighted by Gasteiger charge is 2.06. The van der Waals surface area contributed by atoms with Gasteiger partial charge in [-0.25, -0.2) is 5.43 Å². The molecule has 2 rings (SSSR count). The van der Waals surface area contributed by atoms with Gasteiger partial charge in [-0.2, -0.15) is 9.67 Å². The lowest BCUT2D eigenvalue weighted by atomic mass is 10.1. The second-order valence-electron chi connectivity index (χ2n) is 4.44. The number of hydrogen-bond acceptors (Lipinski definition) is 2. The van der Waals surface area contributed by atoms with Crippen molar-refractivity contribution in [3.05, 3.63) is 66.0 Å². The number of aromatic nitrogens is 1. The highest BCUT2D eigenvalue weighted by molar-refractivity contribution is 5.81. The molecule has 21 heavy (non-hydrogen) atoms. The van der Waals surface area contributed by atoms with Crippen LogP contribution in [-0.4, -0.2) is 12.1 Å². The standard InChI is InChI=1S/C16H17N3O.ClH/c1-2-14-6-8-15(9-7-14)12-17-18-16(20)13-19-10-4-3-5-11-19;/h3-12H,2,13H2,1H3;1H/b17-12+;. The van der Waals surface area contributed by atoms with Gasteiger partial charge in [-0.05, 0) is 17.5 Å². The topological polar surface area (TPSA) is 45.3 Å². The Hall–Kier alpha value is -2.20. The number of halogens is 1. The number of nitrogens with one attached hydrogen (secondary N) is 1. The van der Waals surface area contributed by atoms with E-state index >= 15 is 0 Å². The number of rotatable bonds is 5.